The van der Waals surface area contributed by atoms with Gasteiger partial charge in [0.15, 0.2) is 11.5 Å². The average molecular weight is 553 g/mol. The highest BCUT2D eigenvalue weighted by Crippen LogP contribution is 2.33. The number of anilines is 1. The molecule has 0 aliphatic carbocycles. The van der Waals surface area contributed by atoms with Crippen molar-refractivity contribution in [2.24, 2.45) is 0 Å². The van der Waals surface area contributed by atoms with Gasteiger partial charge in [0.05, 0.1) is 16.8 Å². The number of halogens is 1. The summed E-state index contributed by atoms with van der Waals surface area (Å²) in [6, 6.07) is 20.6. The molecule has 5 rings (SSSR count). The van der Waals surface area contributed by atoms with Crippen molar-refractivity contribution in [1.82, 2.24) is 19.5 Å². The molecule has 0 radical (unpaired) electrons. The van der Waals surface area contributed by atoms with E-state index in [1.807, 2.05) is 42.7 Å². The molecule has 0 amide bonds. The summed E-state index contributed by atoms with van der Waals surface area (Å²) in [5, 5.41) is 9.80. The summed E-state index contributed by atoms with van der Waals surface area (Å²) in [6.07, 6.45) is 2.84. The minimum Gasteiger partial charge on any atom is -0.461 e. The van der Waals surface area contributed by atoms with Crippen LogP contribution in [0.15, 0.2) is 72.9 Å². The predicted octanol–water partition coefficient (Wildman–Crippen LogP) is 7.25. The number of ether oxygens (including phenoxy) is 1. The van der Waals surface area contributed by atoms with Gasteiger partial charge in [-0.25, -0.2) is 19.3 Å². The molecule has 0 spiro atoms. The first-order chi connectivity index (χ1) is 19.9. The van der Waals surface area contributed by atoms with Crippen LogP contribution in [-0.2, 0) is 16.1 Å². The van der Waals surface area contributed by atoms with Gasteiger partial charge in [0.25, 0.3) is 0 Å². The van der Waals surface area contributed by atoms with Crippen LogP contribution in [0.1, 0.15) is 52.2 Å². The van der Waals surface area contributed by atoms with Crippen molar-refractivity contribution in [2.45, 2.75) is 47.6 Å². The third-order valence-corrected chi connectivity index (χ3v) is 5.59. The third-order valence-electron chi connectivity index (χ3n) is 5.59. The summed E-state index contributed by atoms with van der Waals surface area (Å²) in [6.45, 7) is 9.76. The highest BCUT2D eigenvalue weighted by atomic mass is 19.1. The van der Waals surface area contributed by atoms with Crippen molar-refractivity contribution < 1.29 is 13.9 Å². The quantitative estimate of drug-likeness (QED) is 0.228. The zero-order valence-corrected chi connectivity index (χ0v) is 23.9. The van der Waals surface area contributed by atoms with E-state index in [9.17, 15) is 14.4 Å². The Morgan fingerprint density at radius 1 is 1.05 bits per heavy atom. The first kappa shape index (κ1) is 30.4. The van der Waals surface area contributed by atoms with Gasteiger partial charge in [0.2, 0.25) is 0 Å². The molecular weight excluding hydrogens is 519 g/mol. The van der Waals surface area contributed by atoms with Gasteiger partial charge >= 0.3 is 5.97 Å². The van der Waals surface area contributed by atoms with Crippen molar-refractivity contribution in [3.05, 3.63) is 89.9 Å². The minimum atomic E-state index is -0.383. The summed E-state index contributed by atoms with van der Waals surface area (Å²) in [7, 11) is 0. The van der Waals surface area contributed by atoms with Crippen LogP contribution in [0.2, 0.25) is 0 Å². The van der Waals surface area contributed by atoms with E-state index in [1.165, 1.54) is 25.5 Å². The number of nitrogens with two attached hydrogens (primary N) is 1. The first-order valence-electron chi connectivity index (χ1n) is 13.4. The smallest absolute Gasteiger partial charge is 0.302 e. The highest BCUT2D eigenvalue weighted by molar-refractivity contribution is 5.86. The topological polar surface area (TPSA) is 120 Å². The molecule has 210 valence electrons. The summed E-state index contributed by atoms with van der Waals surface area (Å²) >= 11 is 0. The molecule has 9 heteroatoms. The first-order valence-corrected chi connectivity index (χ1v) is 13.4. The standard InChI is InChI=1S/C27H19FN6O2.C3H8.C2H6/c1-16(35)36-15-17-4-10-21(11-5-17)34-26(22-3-2-12-31-25(22)30)32-23-13-19(14-29)24(33-27(23)34)18-6-8-20(28)9-7-18;1-3-2;1-2/h2-13H,15H2,1H3,(H2,30,31);3H2,1-2H3;1-2H3. The number of aromatic nitrogens is 4. The Hall–Kier alpha value is -5.10. The number of imidazole rings is 1. The lowest BCUT2D eigenvalue weighted by atomic mass is 10.1. The largest absolute Gasteiger partial charge is 0.461 e. The number of pyridine rings is 2. The average Bonchev–Trinajstić information content (AvgIpc) is 3.36. The predicted molar refractivity (Wildman–Crippen MR) is 159 cm³/mol. The van der Waals surface area contributed by atoms with Crippen molar-refractivity contribution in [3.63, 3.8) is 0 Å². The van der Waals surface area contributed by atoms with E-state index in [4.69, 9.17) is 20.4 Å². The number of benzene rings is 2. The minimum absolute atomic E-state index is 0.154. The number of hydrogen-bond donors (Lipinski definition) is 1. The monoisotopic (exact) mass is 552 g/mol. The van der Waals surface area contributed by atoms with Gasteiger partial charge in [-0.05, 0) is 60.2 Å². The van der Waals surface area contributed by atoms with Crippen LogP contribution >= 0.6 is 0 Å². The molecule has 0 bridgehead atoms. The number of nitriles is 1. The van der Waals surface area contributed by atoms with Gasteiger partial charge in [0.1, 0.15) is 29.8 Å². The Labute approximate surface area is 239 Å². The molecule has 41 heavy (non-hydrogen) atoms. The van der Waals surface area contributed by atoms with Crippen molar-refractivity contribution in [2.75, 3.05) is 5.73 Å². The molecule has 0 saturated heterocycles. The number of nitrogens with zero attached hydrogens (tertiary/aromatic N) is 5. The number of nitrogen functional groups attached to an aromatic ring is 1. The van der Waals surface area contributed by atoms with Crippen LogP contribution in [0.4, 0.5) is 10.2 Å². The van der Waals surface area contributed by atoms with Gasteiger partial charge in [0, 0.05) is 24.4 Å². The van der Waals surface area contributed by atoms with Crippen LogP contribution < -0.4 is 5.73 Å². The van der Waals surface area contributed by atoms with E-state index in [-0.39, 0.29) is 18.4 Å². The number of carbonyl (C=O) groups excluding carboxylic acids is 1. The summed E-state index contributed by atoms with van der Waals surface area (Å²) in [4.78, 5) is 24.9. The number of carbonyl (C=O) groups is 1. The second kappa shape index (κ2) is 14.3. The molecule has 0 aliphatic heterocycles. The summed E-state index contributed by atoms with van der Waals surface area (Å²) in [5.41, 5.74) is 10.6. The molecule has 0 saturated carbocycles. The van der Waals surface area contributed by atoms with Crippen molar-refractivity contribution >= 4 is 23.0 Å². The van der Waals surface area contributed by atoms with Crippen molar-refractivity contribution in [3.8, 4) is 34.4 Å². The molecule has 3 aromatic heterocycles. The lowest BCUT2D eigenvalue weighted by Crippen LogP contribution is -2.03. The Bertz CT molecular complexity index is 1660. The van der Waals surface area contributed by atoms with E-state index < -0.39 is 0 Å². The van der Waals surface area contributed by atoms with E-state index in [1.54, 1.807) is 36.5 Å². The van der Waals surface area contributed by atoms with Gasteiger partial charge in [-0.3, -0.25) is 9.36 Å². The lowest BCUT2D eigenvalue weighted by molar-refractivity contribution is -0.142. The van der Waals surface area contributed by atoms with Crippen molar-refractivity contribution in [1.29, 1.82) is 5.26 Å². The van der Waals surface area contributed by atoms with Crippen LogP contribution in [-0.4, -0.2) is 25.5 Å². The molecule has 0 aliphatic rings. The molecule has 3 heterocycles. The van der Waals surface area contributed by atoms with Gasteiger partial charge in [-0.2, -0.15) is 5.26 Å². The summed E-state index contributed by atoms with van der Waals surface area (Å²) in [5.74, 6) is 0.0437. The molecular formula is C32H33FN6O2. The van der Waals surface area contributed by atoms with E-state index >= 15 is 0 Å². The normalized spacial score (nSPS) is 10.1. The lowest BCUT2D eigenvalue weighted by Gasteiger charge is -2.12. The van der Waals surface area contributed by atoms with Crippen LogP contribution in [0, 0.1) is 17.1 Å². The SMILES string of the molecule is CC.CC(=O)OCc1ccc(-n2c(-c3cccnc3N)nc3cc(C#N)c(-c4ccc(F)cc4)nc32)cc1.CCC. The van der Waals surface area contributed by atoms with Gasteiger partial charge < -0.3 is 10.5 Å². The van der Waals surface area contributed by atoms with E-state index in [0.717, 1.165) is 11.3 Å². The number of rotatable bonds is 5. The molecule has 2 aromatic carbocycles. The maximum atomic E-state index is 13.5. The molecule has 0 unspecified atom stereocenters. The fourth-order valence-electron chi connectivity index (χ4n) is 3.88. The second-order valence-electron chi connectivity index (χ2n) is 8.71. The Morgan fingerprint density at radius 3 is 2.29 bits per heavy atom. The summed E-state index contributed by atoms with van der Waals surface area (Å²) < 4.78 is 20.4. The van der Waals surface area contributed by atoms with Crippen LogP contribution in [0.3, 0.4) is 0 Å². The molecule has 5 aromatic rings. The Kier molecular flexibility index (Phi) is 10.6. The maximum Gasteiger partial charge on any atom is 0.302 e. The molecule has 0 fully saturated rings. The Morgan fingerprint density at radius 2 is 1.71 bits per heavy atom. The fourth-order valence-corrected chi connectivity index (χ4v) is 3.88. The number of hydrogen-bond acceptors (Lipinski definition) is 7. The van der Waals surface area contributed by atoms with Crippen LogP contribution in [0.25, 0.3) is 39.5 Å². The fraction of sp³-hybridized carbons (Fsp3) is 0.219. The third kappa shape index (κ3) is 7.11. The molecule has 0 atom stereocenters. The molecule has 2 N–H and O–H groups in total. The number of fused-ring (bicyclic) bond motifs is 1. The zero-order chi connectivity index (χ0) is 29.9. The van der Waals surface area contributed by atoms with Gasteiger partial charge in [-0.1, -0.05) is 46.2 Å². The maximum absolute atomic E-state index is 13.5. The Balaban J connectivity index is 0.000000868. The zero-order valence-electron chi connectivity index (χ0n) is 23.9. The van der Waals surface area contributed by atoms with Crippen LogP contribution in [0.5, 0.6) is 0 Å². The molecule has 8 nitrogen and oxygen atoms in total. The highest BCUT2D eigenvalue weighted by Gasteiger charge is 2.21. The second-order valence-corrected chi connectivity index (χ2v) is 8.71. The number of esters is 1. The van der Waals surface area contributed by atoms with Gasteiger partial charge in [-0.15, -0.1) is 0 Å². The van der Waals surface area contributed by atoms with E-state index in [2.05, 4.69) is 24.9 Å². The van der Waals surface area contributed by atoms with E-state index in [0.29, 0.717) is 45.2 Å².